The predicted octanol–water partition coefficient (Wildman–Crippen LogP) is 3.34. The molecule has 2 saturated heterocycles. The second-order valence-electron chi connectivity index (χ2n) is 8.07. The van der Waals surface area contributed by atoms with E-state index in [2.05, 4.69) is 26.8 Å². The molecule has 4 rings (SSSR count). The minimum Gasteiger partial charge on any atom is -0.475 e. The lowest BCUT2D eigenvalue weighted by Gasteiger charge is -2.34. The van der Waals surface area contributed by atoms with Gasteiger partial charge in [-0.25, -0.2) is 23.9 Å². The van der Waals surface area contributed by atoms with Crippen molar-refractivity contribution in [3.63, 3.8) is 0 Å². The van der Waals surface area contributed by atoms with Crippen molar-refractivity contribution in [1.29, 1.82) is 0 Å². The third-order valence-corrected chi connectivity index (χ3v) is 5.40. The lowest BCUT2D eigenvalue weighted by atomic mass is 10.0. The second-order valence-corrected chi connectivity index (χ2v) is 8.07. The Morgan fingerprint density at radius 1 is 1.11 bits per heavy atom. The summed E-state index contributed by atoms with van der Waals surface area (Å²) in [6.45, 7) is 2.27. The van der Waals surface area contributed by atoms with Crippen LogP contribution in [0.15, 0.2) is 35.2 Å². The molecule has 10 nitrogen and oxygen atoms in total. The molecule has 2 aliphatic rings. The maximum absolute atomic E-state index is 13.1. The minimum absolute atomic E-state index is 0.104. The molecule has 212 valence electrons. The van der Waals surface area contributed by atoms with Crippen LogP contribution in [-0.2, 0) is 20.9 Å². The molecule has 0 spiro atoms. The molecular formula is C21H23F7N4O6. The van der Waals surface area contributed by atoms with Crippen molar-refractivity contribution >= 4 is 17.9 Å². The molecule has 0 bridgehead atoms. The molecule has 38 heavy (non-hydrogen) atoms. The summed E-state index contributed by atoms with van der Waals surface area (Å²) in [5, 5.41) is 14.2. The normalized spacial score (nSPS) is 21.1. The molecule has 0 amide bonds. The van der Waals surface area contributed by atoms with E-state index < -0.39 is 30.1 Å². The van der Waals surface area contributed by atoms with E-state index in [1.807, 2.05) is 12.1 Å². The highest BCUT2D eigenvalue weighted by Gasteiger charge is 2.46. The van der Waals surface area contributed by atoms with Gasteiger partial charge >= 0.3 is 24.3 Å². The number of aromatic nitrogens is 2. The number of ether oxygens (including phenoxy) is 1. The van der Waals surface area contributed by atoms with E-state index in [9.17, 15) is 30.7 Å². The highest BCUT2D eigenvalue weighted by molar-refractivity contribution is 5.73. The predicted molar refractivity (Wildman–Crippen MR) is 113 cm³/mol. The molecule has 0 aliphatic carbocycles. The fourth-order valence-electron chi connectivity index (χ4n) is 3.77. The number of furan rings is 1. The Morgan fingerprint density at radius 2 is 1.66 bits per heavy atom. The Hall–Kier alpha value is -3.47. The first kappa shape index (κ1) is 30.8. The number of rotatable bonds is 4. The molecule has 2 aromatic heterocycles. The van der Waals surface area contributed by atoms with Crippen LogP contribution in [-0.4, -0.2) is 87.8 Å². The molecule has 0 saturated carbocycles. The van der Waals surface area contributed by atoms with Gasteiger partial charge in [0.1, 0.15) is 5.76 Å². The number of hydrogen-bond donors (Lipinski definition) is 2. The van der Waals surface area contributed by atoms with Gasteiger partial charge in [0.25, 0.3) is 0 Å². The van der Waals surface area contributed by atoms with E-state index in [-0.39, 0.29) is 18.2 Å². The zero-order chi connectivity index (χ0) is 28.7. The number of carboxylic acids is 2. The molecule has 2 N–H and O–H groups in total. The number of likely N-dealkylation sites (N-methyl/N-ethyl adjacent to an activating group) is 1. The lowest BCUT2D eigenvalue weighted by molar-refractivity contribution is -0.193. The van der Waals surface area contributed by atoms with Gasteiger partial charge in [-0.2, -0.15) is 26.3 Å². The van der Waals surface area contributed by atoms with Gasteiger partial charge in [0, 0.05) is 13.2 Å². The number of anilines is 1. The van der Waals surface area contributed by atoms with Gasteiger partial charge < -0.3 is 24.3 Å². The molecule has 2 aromatic rings. The molecule has 0 unspecified atom stereocenters. The van der Waals surface area contributed by atoms with Gasteiger partial charge in [-0.1, -0.05) is 0 Å². The number of fused-ring (bicyclic) bond motifs is 1. The van der Waals surface area contributed by atoms with Crippen LogP contribution < -0.4 is 4.90 Å². The average Bonchev–Trinajstić information content (AvgIpc) is 3.47. The van der Waals surface area contributed by atoms with E-state index in [4.69, 9.17) is 29.0 Å². The number of halogens is 7. The SMILES string of the molecule is CN(Cc1ccco1)[C@@H]1CN(c2ncc(F)cn2)[C@@H]2CCCO[C@H]12.O=C(O)C(F)(F)F.O=C(O)C(F)(F)F. The third kappa shape index (κ3) is 8.83. The number of nitrogens with zero attached hydrogens (tertiary/aromatic N) is 4. The minimum atomic E-state index is -5.08. The van der Waals surface area contributed by atoms with Crippen LogP contribution in [0.25, 0.3) is 0 Å². The number of carboxylic acid groups (broad SMARTS) is 2. The number of carbonyl (C=O) groups is 2. The Morgan fingerprint density at radius 3 is 2.13 bits per heavy atom. The molecule has 0 radical (unpaired) electrons. The van der Waals surface area contributed by atoms with E-state index in [1.165, 1.54) is 12.4 Å². The van der Waals surface area contributed by atoms with E-state index >= 15 is 0 Å². The van der Waals surface area contributed by atoms with Crippen LogP contribution in [0.3, 0.4) is 0 Å². The monoisotopic (exact) mass is 560 g/mol. The first-order valence-electron chi connectivity index (χ1n) is 10.8. The first-order chi connectivity index (χ1) is 17.6. The van der Waals surface area contributed by atoms with E-state index in [1.54, 1.807) is 6.26 Å². The Kier molecular flexibility index (Phi) is 10.4. The topological polar surface area (TPSA) is 129 Å². The standard InChI is InChI=1S/C17H21FN4O2.2C2HF3O2/c1-21(10-13-4-2-6-23-13)15-11-22(14-5-3-7-24-16(14)15)17-19-8-12(18)9-20-17;2*3-2(4,5)1(6)7/h2,4,6,8-9,14-16H,3,5,7,10-11H2,1H3;2*(H,6,7)/t14-,15-,16+;;/m1../s1. The van der Waals surface area contributed by atoms with E-state index in [0.717, 1.165) is 38.3 Å². The van der Waals surface area contributed by atoms with Crippen molar-refractivity contribution in [3.8, 4) is 0 Å². The summed E-state index contributed by atoms with van der Waals surface area (Å²) < 4.78 is 88.2. The van der Waals surface area contributed by atoms with Gasteiger partial charge in [-0.05, 0) is 32.0 Å². The summed E-state index contributed by atoms with van der Waals surface area (Å²) in [5.74, 6) is -4.42. The fraction of sp³-hybridized carbons (Fsp3) is 0.524. The van der Waals surface area contributed by atoms with Crippen molar-refractivity contribution in [1.82, 2.24) is 14.9 Å². The van der Waals surface area contributed by atoms with Crippen molar-refractivity contribution in [3.05, 3.63) is 42.4 Å². The Labute approximate surface area is 210 Å². The summed E-state index contributed by atoms with van der Waals surface area (Å²) in [4.78, 5) is 30.5. The summed E-state index contributed by atoms with van der Waals surface area (Å²) in [6, 6.07) is 4.32. The smallest absolute Gasteiger partial charge is 0.475 e. The zero-order valence-corrected chi connectivity index (χ0v) is 19.6. The average molecular weight is 560 g/mol. The van der Waals surface area contributed by atoms with Crippen molar-refractivity contribution in [2.45, 2.75) is 49.9 Å². The lowest BCUT2D eigenvalue weighted by Crippen LogP contribution is -2.46. The fourth-order valence-corrected chi connectivity index (χ4v) is 3.77. The highest BCUT2D eigenvalue weighted by Crippen LogP contribution is 2.33. The summed E-state index contributed by atoms with van der Waals surface area (Å²) in [7, 11) is 2.08. The zero-order valence-electron chi connectivity index (χ0n) is 19.6. The van der Waals surface area contributed by atoms with Crippen LogP contribution in [0.5, 0.6) is 0 Å². The van der Waals surface area contributed by atoms with Crippen molar-refractivity contribution in [2.24, 2.45) is 0 Å². The van der Waals surface area contributed by atoms with Gasteiger partial charge in [-0.15, -0.1) is 0 Å². The number of aliphatic carboxylic acids is 2. The van der Waals surface area contributed by atoms with Crippen LogP contribution in [0.4, 0.5) is 36.7 Å². The van der Waals surface area contributed by atoms with Crippen LogP contribution >= 0.6 is 0 Å². The van der Waals surface area contributed by atoms with Gasteiger partial charge in [0.15, 0.2) is 5.82 Å². The van der Waals surface area contributed by atoms with Gasteiger partial charge in [-0.3, -0.25) is 4.90 Å². The van der Waals surface area contributed by atoms with Crippen LogP contribution in [0.2, 0.25) is 0 Å². The van der Waals surface area contributed by atoms with Crippen molar-refractivity contribution in [2.75, 3.05) is 25.1 Å². The number of alkyl halides is 6. The van der Waals surface area contributed by atoms with Crippen LogP contribution in [0, 0.1) is 5.82 Å². The molecule has 2 fully saturated rings. The Bertz CT molecular complexity index is 1010. The number of hydrogen-bond acceptors (Lipinski definition) is 8. The maximum Gasteiger partial charge on any atom is 0.490 e. The Balaban J connectivity index is 0.000000301. The van der Waals surface area contributed by atoms with Gasteiger partial charge in [0.2, 0.25) is 5.95 Å². The molecule has 0 aromatic carbocycles. The van der Waals surface area contributed by atoms with Gasteiger partial charge in [0.05, 0.1) is 43.4 Å². The summed E-state index contributed by atoms with van der Waals surface area (Å²) in [6.07, 6.45) is -3.87. The largest absolute Gasteiger partial charge is 0.490 e. The molecule has 2 aliphatic heterocycles. The molecular weight excluding hydrogens is 537 g/mol. The summed E-state index contributed by atoms with van der Waals surface area (Å²) >= 11 is 0. The maximum atomic E-state index is 13.1. The second kappa shape index (κ2) is 12.9. The van der Waals surface area contributed by atoms with Crippen molar-refractivity contribution < 1.29 is 59.7 Å². The molecule has 17 heteroatoms. The first-order valence-corrected chi connectivity index (χ1v) is 10.8. The third-order valence-electron chi connectivity index (χ3n) is 5.40. The molecule has 4 heterocycles. The summed E-state index contributed by atoms with van der Waals surface area (Å²) in [5.41, 5.74) is 0. The molecule has 3 atom stereocenters. The quantitative estimate of drug-likeness (QED) is 0.538. The van der Waals surface area contributed by atoms with Crippen LogP contribution in [0.1, 0.15) is 18.6 Å². The highest BCUT2D eigenvalue weighted by atomic mass is 19.4. The van der Waals surface area contributed by atoms with E-state index in [0.29, 0.717) is 5.95 Å².